The Morgan fingerprint density at radius 2 is 1.71 bits per heavy atom. The number of fused-ring (bicyclic) bond motifs is 2. The minimum Gasteiger partial charge on any atom is -0.398 e. The van der Waals surface area contributed by atoms with Crippen molar-refractivity contribution in [2.24, 2.45) is 0 Å². The van der Waals surface area contributed by atoms with E-state index in [-0.39, 0.29) is 0 Å². The topological polar surface area (TPSA) is 38.9 Å². The molecule has 2 aromatic carbocycles. The number of hydrogen-bond donors (Lipinski definition) is 1. The van der Waals surface area contributed by atoms with E-state index >= 15 is 0 Å². The van der Waals surface area contributed by atoms with Crippen LogP contribution >= 0.6 is 0 Å². The molecule has 0 atom stereocenters. The van der Waals surface area contributed by atoms with E-state index in [0.29, 0.717) is 0 Å². The van der Waals surface area contributed by atoms with Crippen LogP contribution in [0.1, 0.15) is 11.1 Å². The van der Waals surface area contributed by atoms with Gasteiger partial charge in [0.2, 0.25) is 0 Å². The molecule has 3 aromatic rings. The van der Waals surface area contributed by atoms with Crippen LogP contribution in [0.3, 0.4) is 0 Å². The van der Waals surface area contributed by atoms with Gasteiger partial charge in [-0.15, -0.1) is 0 Å². The Morgan fingerprint density at radius 3 is 2.53 bits per heavy atom. The Labute approximate surface area is 100 Å². The molecule has 0 saturated heterocycles. The van der Waals surface area contributed by atoms with Crippen molar-refractivity contribution in [3.63, 3.8) is 0 Å². The fraction of sp³-hybridized carbons (Fsp3) is 0.133. The minimum absolute atomic E-state index is 0.828. The number of nitrogen functional groups attached to an aromatic ring is 1. The van der Waals surface area contributed by atoms with Crippen molar-refractivity contribution in [2.45, 2.75) is 13.8 Å². The molecule has 17 heavy (non-hydrogen) atoms. The van der Waals surface area contributed by atoms with Crippen LogP contribution in [0, 0.1) is 13.8 Å². The van der Waals surface area contributed by atoms with Gasteiger partial charge in [-0.3, -0.25) is 0 Å². The summed E-state index contributed by atoms with van der Waals surface area (Å²) >= 11 is 0. The van der Waals surface area contributed by atoms with Gasteiger partial charge in [-0.25, -0.2) is 4.98 Å². The maximum absolute atomic E-state index is 6.23. The summed E-state index contributed by atoms with van der Waals surface area (Å²) in [6, 6.07) is 12.2. The molecule has 84 valence electrons. The molecule has 1 aromatic heterocycles. The van der Waals surface area contributed by atoms with Gasteiger partial charge < -0.3 is 5.73 Å². The first-order chi connectivity index (χ1) is 8.18. The fourth-order valence-electron chi connectivity index (χ4n) is 2.23. The van der Waals surface area contributed by atoms with Crippen LogP contribution in [0.2, 0.25) is 0 Å². The van der Waals surface area contributed by atoms with Crippen LogP contribution in [0.5, 0.6) is 0 Å². The van der Waals surface area contributed by atoms with Crippen molar-refractivity contribution >= 4 is 27.5 Å². The maximum Gasteiger partial charge on any atom is 0.0762 e. The van der Waals surface area contributed by atoms with Crippen LogP contribution < -0.4 is 5.73 Å². The van der Waals surface area contributed by atoms with Crippen molar-refractivity contribution in [3.05, 3.63) is 47.5 Å². The van der Waals surface area contributed by atoms with Gasteiger partial charge in [0.25, 0.3) is 0 Å². The lowest BCUT2D eigenvalue weighted by Crippen LogP contribution is -1.95. The number of aromatic nitrogens is 1. The number of benzene rings is 2. The number of nitrogens with zero attached hydrogens (tertiary/aromatic N) is 1. The van der Waals surface area contributed by atoms with E-state index in [1.165, 1.54) is 11.1 Å². The zero-order valence-electron chi connectivity index (χ0n) is 9.99. The monoisotopic (exact) mass is 222 g/mol. The third-order valence-electron chi connectivity index (χ3n) is 3.42. The molecule has 0 radical (unpaired) electrons. The highest BCUT2D eigenvalue weighted by atomic mass is 14.7. The molecule has 0 saturated carbocycles. The number of anilines is 1. The third kappa shape index (κ3) is 1.37. The zero-order chi connectivity index (χ0) is 12.0. The summed E-state index contributed by atoms with van der Waals surface area (Å²) in [6.45, 7) is 4.20. The second kappa shape index (κ2) is 3.45. The summed E-state index contributed by atoms with van der Waals surface area (Å²) in [5.41, 5.74) is 11.5. The molecule has 2 heteroatoms. The average Bonchev–Trinajstić information content (AvgIpc) is 2.35. The standard InChI is InChI=1S/C15H14N2/c1-9-7-8-12-14(16)11-5-3-4-6-13(11)17-15(12)10(9)2/h3-8H,1-2H3,(H2,16,17). The van der Waals surface area contributed by atoms with E-state index in [1.807, 2.05) is 24.3 Å². The first-order valence-electron chi connectivity index (χ1n) is 5.72. The van der Waals surface area contributed by atoms with E-state index in [2.05, 4.69) is 26.0 Å². The maximum atomic E-state index is 6.23. The molecule has 3 rings (SSSR count). The van der Waals surface area contributed by atoms with Gasteiger partial charge >= 0.3 is 0 Å². The number of nitrogens with two attached hydrogens (primary N) is 1. The van der Waals surface area contributed by atoms with Gasteiger partial charge in [-0.2, -0.15) is 0 Å². The summed E-state index contributed by atoms with van der Waals surface area (Å²) in [5.74, 6) is 0. The van der Waals surface area contributed by atoms with Crippen LogP contribution in [-0.4, -0.2) is 4.98 Å². The fourth-order valence-corrected chi connectivity index (χ4v) is 2.23. The highest BCUT2D eigenvalue weighted by molar-refractivity contribution is 6.07. The third-order valence-corrected chi connectivity index (χ3v) is 3.42. The zero-order valence-corrected chi connectivity index (χ0v) is 9.99. The molecule has 0 unspecified atom stereocenters. The highest BCUT2D eigenvalue weighted by Gasteiger charge is 2.08. The molecule has 2 nitrogen and oxygen atoms in total. The van der Waals surface area contributed by atoms with Crippen molar-refractivity contribution in [2.75, 3.05) is 5.73 Å². The molecule has 1 heterocycles. The molecular formula is C15H14N2. The van der Waals surface area contributed by atoms with Crippen LogP contribution in [0.4, 0.5) is 5.69 Å². The van der Waals surface area contributed by atoms with E-state index in [0.717, 1.165) is 27.5 Å². The second-order valence-corrected chi connectivity index (χ2v) is 4.45. The molecule has 0 spiro atoms. The average molecular weight is 222 g/mol. The Bertz CT molecular complexity index is 730. The Balaban J connectivity index is 2.59. The summed E-state index contributed by atoms with van der Waals surface area (Å²) in [6.07, 6.45) is 0. The van der Waals surface area contributed by atoms with Crippen LogP contribution in [0.25, 0.3) is 21.8 Å². The van der Waals surface area contributed by atoms with Crippen LogP contribution in [0.15, 0.2) is 36.4 Å². The molecule has 0 fully saturated rings. The number of pyridine rings is 1. The first-order valence-corrected chi connectivity index (χ1v) is 5.72. The molecule has 2 N–H and O–H groups in total. The number of para-hydroxylation sites is 1. The Hall–Kier alpha value is -2.09. The van der Waals surface area contributed by atoms with Crippen molar-refractivity contribution in [1.82, 2.24) is 4.98 Å². The SMILES string of the molecule is Cc1ccc2c(N)c3ccccc3nc2c1C. The van der Waals surface area contributed by atoms with Gasteiger partial charge in [0.15, 0.2) is 0 Å². The van der Waals surface area contributed by atoms with Crippen molar-refractivity contribution < 1.29 is 0 Å². The predicted molar refractivity (Wildman–Crippen MR) is 73.1 cm³/mol. The molecule has 0 aliphatic heterocycles. The second-order valence-electron chi connectivity index (χ2n) is 4.45. The Kier molecular flexibility index (Phi) is 2.05. The quantitative estimate of drug-likeness (QED) is 0.590. The summed E-state index contributed by atoms with van der Waals surface area (Å²) in [5, 5.41) is 2.08. The highest BCUT2D eigenvalue weighted by Crippen LogP contribution is 2.30. The van der Waals surface area contributed by atoms with Gasteiger partial charge in [0, 0.05) is 10.8 Å². The van der Waals surface area contributed by atoms with E-state index in [4.69, 9.17) is 10.7 Å². The van der Waals surface area contributed by atoms with Gasteiger partial charge in [-0.1, -0.05) is 30.3 Å². The number of rotatable bonds is 0. The largest absolute Gasteiger partial charge is 0.398 e. The Morgan fingerprint density at radius 1 is 0.941 bits per heavy atom. The van der Waals surface area contributed by atoms with Gasteiger partial charge in [0.05, 0.1) is 16.7 Å². The van der Waals surface area contributed by atoms with Gasteiger partial charge in [-0.05, 0) is 31.0 Å². The molecule has 0 amide bonds. The van der Waals surface area contributed by atoms with Gasteiger partial charge in [0.1, 0.15) is 0 Å². The van der Waals surface area contributed by atoms with E-state index < -0.39 is 0 Å². The van der Waals surface area contributed by atoms with Crippen molar-refractivity contribution in [3.8, 4) is 0 Å². The summed E-state index contributed by atoms with van der Waals surface area (Å²) in [4.78, 5) is 4.72. The molecule has 0 aliphatic rings. The lowest BCUT2D eigenvalue weighted by molar-refractivity contribution is 1.34. The predicted octanol–water partition coefficient (Wildman–Crippen LogP) is 3.59. The molecule has 0 aliphatic carbocycles. The summed E-state index contributed by atoms with van der Waals surface area (Å²) < 4.78 is 0. The van der Waals surface area contributed by atoms with E-state index in [1.54, 1.807) is 0 Å². The number of aryl methyl sites for hydroxylation is 2. The lowest BCUT2D eigenvalue weighted by Gasteiger charge is -2.10. The van der Waals surface area contributed by atoms with Crippen molar-refractivity contribution in [1.29, 1.82) is 0 Å². The normalized spacial score (nSPS) is 11.2. The molecule has 0 bridgehead atoms. The number of hydrogen-bond acceptors (Lipinski definition) is 2. The molecular weight excluding hydrogens is 208 g/mol. The lowest BCUT2D eigenvalue weighted by atomic mass is 10.0. The van der Waals surface area contributed by atoms with E-state index in [9.17, 15) is 0 Å². The first kappa shape index (κ1) is 10.1. The summed E-state index contributed by atoms with van der Waals surface area (Å²) in [7, 11) is 0. The minimum atomic E-state index is 0.828. The smallest absolute Gasteiger partial charge is 0.0762 e. The van der Waals surface area contributed by atoms with Crippen LogP contribution in [-0.2, 0) is 0 Å².